The van der Waals surface area contributed by atoms with Gasteiger partial charge in [0.2, 0.25) is 0 Å². The summed E-state index contributed by atoms with van der Waals surface area (Å²) in [6.45, 7) is 7.10. The number of hydrogen-bond acceptors (Lipinski definition) is 2. The third-order valence-corrected chi connectivity index (χ3v) is 2.65. The predicted molar refractivity (Wildman–Crippen MR) is 62.7 cm³/mol. The van der Waals surface area contributed by atoms with Crippen molar-refractivity contribution < 1.29 is 0 Å². The molecule has 3 nitrogen and oxygen atoms in total. The molecule has 0 bridgehead atoms. The standard InChI is InChI=1S/C12H17N3/c1-12(2,3)10-6-9-8(7-13)4-5-14-11(9)15-10/h4-6H,7,13H2,1-3H3,(H,14,15). The number of nitrogens with zero attached hydrogens (tertiary/aromatic N) is 1. The second kappa shape index (κ2) is 3.35. The van der Waals surface area contributed by atoms with Gasteiger partial charge in [-0.1, -0.05) is 20.8 Å². The summed E-state index contributed by atoms with van der Waals surface area (Å²) >= 11 is 0. The molecule has 2 rings (SSSR count). The highest BCUT2D eigenvalue weighted by molar-refractivity contribution is 5.80. The molecule has 3 N–H and O–H groups in total. The number of nitrogens with two attached hydrogens (primary N) is 1. The Hall–Kier alpha value is -1.35. The van der Waals surface area contributed by atoms with Crippen LogP contribution in [0.3, 0.4) is 0 Å². The van der Waals surface area contributed by atoms with Gasteiger partial charge >= 0.3 is 0 Å². The van der Waals surface area contributed by atoms with E-state index in [1.807, 2.05) is 6.07 Å². The molecule has 0 saturated heterocycles. The molecule has 0 spiro atoms. The van der Waals surface area contributed by atoms with Gasteiger partial charge in [-0.3, -0.25) is 0 Å². The summed E-state index contributed by atoms with van der Waals surface area (Å²) in [5.41, 5.74) is 9.09. The van der Waals surface area contributed by atoms with Gasteiger partial charge in [0.15, 0.2) is 0 Å². The summed E-state index contributed by atoms with van der Waals surface area (Å²) in [5.74, 6) is 0. The van der Waals surface area contributed by atoms with Crippen LogP contribution in [0, 0.1) is 0 Å². The van der Waals surface area contributed by atoms with Crippen LogP contribution in [0.25, 0.3) is 11.0 Å². The molecule has 0 aromatic carbocycles. The molecule has 80 valence electrons. The Balaban J connectivity index is 2.65. The molecule has 0 saturated carbocycles. The van der Waals surface area contributed by atoms with Crippen LogP contribution in [0.15, 0.2) is 18.3 Å². The van der Waals surface area contributed by atoms with Crippen molar-refractivity contribution in [1.29, 1.82) is 0 Å². The maximum Gasteiger partial charge on any atom is 0.137 e. The molecule has 0 atom stereocenters. The van der Waals surface area contributed by atoms with Crippen LogP contribution in [-0.2, 0) is 12.0 Å². The van der Waals surface area contributed by atoms with Crippen molar-refractivity contribution in [3.05, 3.63) is 29.6 Å². The Bertz CT molecular complexity index is 477. The minimum Gasteiger partial charge on any atom is -0.343 e. The molecule has 0 amide bonds. The quantitative estimate of drug-likeness (QED) is 0.747. The van der Waals surface area contributed by atoms with Crippen LogP contribution >= 0.6 is 0 Å². The highest BCUT2D eigenvalue weighted by atomic mass is 14.9. The van der Waals surface area contributed by atoms with Gasteiger partial charge in [0, 0.05) is 29.2 Å². The number of H-pyrrole nitrogens is 1. The largest absolute Gasteiger partial charge is 0.343 e. The van der Waals surface area contributed by atoms with Crippen molar-refractivity contribution >= 4 is 11.0 Å². The van der Waals surface area contributed by atoms with Gasteiger partial charge in [0.1, 0.15) is 5.65 Å². The summed E-state index contributed by atoms with van der Waals surface area (Å²) in [6.07, 6.45) is 1.80. The van der Waals surface area contributed by atoms with Crippen molar-refractivity contribution in [3.8, 4) is 0 Å². The molecule has 3 heteroatoms. The number of rotatable bonds is 1. The summed E-state index contributed by atoms with van der Waals surface area (Å²) in [5, 5.41) is 1.14. The highest BCUT2D eigenvalue weighted by Gasteiger charge is 2.17. The lowest BCUT2D eigenvalue weighted by molar-refractivity contribution is 0.574. The Morgan fingerprint density at radius 1 is 1.40 bits per heavy atom. The zero-order valence-corrected chi connectivity index (χ0v) is 9.46. The van der Waals surface area contributed by atoms with Gasteiger partial charge in [0.05, 0.1) is 0 Å². The molecular formula is C12H17N3. The second-order valence-electron chi connectivity index (χ2n) is 4.87. The molecular weight excluding hydrogens is 186 g/mol. The van der Waals surface area contributed by atoms with Gasteiger partial charge in [-0.05, 0) is 17.7 Å². The Morgan fingerprint density at radius 3 is 2.73 bits per heavy atom. The average Bonchev–Trinajstić information content (AvgIpc) is 2.59. The van der Waals surface area contributed by atoms with E-state index in [0.29, 0.717) is 6.54 Å². The van der Waals surface area contributed by atoms with E-state index in [4.69, 9.17) is 5.73 Å². The zero-order valence-electron chi connectivity index (χ0n) is 9.46. The summed E-state index contributed by atoms with van der Waals surface area (Å²) in [6, 6.07) is 4.13. The topological polar surface area (TPSA) is 54.7 Å². The molecule has 0 radical (unpaired) electrons. The van der Waals surface area contributed by atoms with Gasteiger partial charge in [-0.15, -0.1) is 0 Å². The van der Waals surface area contributed by atoms with Gasteiger partial charge in [-0.25, -0.2) is 4.98 Å². The van der Waals surface area contributed by atoms with Crippen molar-refractivity contribution in [2.75, 3.05) is 0 Å². The van der Waals surface area contributed by atoms with Crippen LogP contribution < -0.4 is 5.73 Å². The lowest BCUT2D eigenvalue weighted by Gasteiger charge is -2.15. The molecule has 0 fully saturated rings. The predicted octanol–water partition coefficient (Wildman–Crippen LogP) is 2.32. The van der Waals surface area contributed by atoms with Crippen LogP contribution in [-0.4, -0.2) is 9.97 Å². The first-order valence-corrected chi connectivity index (χ1v) is 5.19. The minimum atomic E-state index is 0.118. The molecule has 2 heterocycles. The number of nitrogens with one attached hydrogen (secondary N) is 1. The number of pyridine rings is 1. The van der Waals surface area contributed by atoms with E-state index in [0.717, 1.165) is 16.6 Å². The number of fused-ring (bicyclic) bond motifs is 1. The third kappa shape index (κ3) is 1.75. The van der Waals surface area contributed by atoms with E-state index < -0.39 is 0 Å². The SMILES string of the molecule is CC(C)(C)c1cc2c(CN)ccnc2[nH]1. The molecule has 2 aromatic rings. The monoisotopic (exact) mass is 203 g/mol. The summed E-state index contributed by atoms with van der Waals surface area (Å²) < 4.78 is 0. The first-order valence-electron chi connectivity index (χ1n) is 5.19. The van der Waals surface area contributed by atoms with E-state index in [2.05, 4.69) is 36.8 Å². The van der Waals surface area contributed by atoms with Gasteiger partial charge < -0.3 is 10.7 Å². The average molecular weight is 203 g/mol. The Kier molecular flexibility index (Phi) is 2.27. The Labute approximate surface area is 89.7 Å². The number of aromatic amines is 1. The van der Waals surface area contributed by atoms with E-state index >= 15 is 0 Å². The summed E-state index contributed by atoms with van der Waals surface area (Å²) in [7, 11) is 0. The first kappa shape index (κ1) is 10.2. The Morgan fingerprint density at radius 2 is 2.13 bits per heavy atom. The smallest absolute Gasteiger partial charge is 0.137 e. The molecule has 0 aliphatic heterocycles. The van der Waals surface area contributed by atoms with Crippen LogP contribution in [0.2, 0.25) is 0 Å². The van der Waals surface area contributed by atoms with Crippen LogP contribution in [0.1, 0.15) is 32.0 Å². The van der Waals surface area contributed by atoms with E-state index in [-0.39, 0.29) is 5.41 Å². The van der Waals surface area contributed by atoms with E-state index in [1.165, 1.54) is 5.69 Å². The maximum atomic E-state index is 5.69. The van der Waals surface area contributed by atoms with Crippen LogP contribution in [0.4, 0.5) is 0 Å². The molecule has 0 aliphatic carbocycles. The fraction of sp³-hybridized carbons (Fsp3) is 0.417. The maximum absolute atomic E-state index is 5.69. The first-order chi connectivity index (χ1) is 7.02. The summed E-state index contributed by atoms with van der Waals surface area (Å²) in [4.78, 5) is 7.66. The fourth-order valence-electron chi connectivity index (χ4n) is 1.66. The molecule has 15 heavy (non-hydrogen) atoms. The lowest BCUT2D eigenvalue weighted by atomic mass is 9.92. The van der Waals surface area contributed by atoms with Crippen LogP contribution in [0.5, 0.6) is 0 Å². The normalized spacial score (nSPS) is 12.3. The lowest BCUT2D eigenvalue weighted by Crippen LogP contribution is -2.11. The third-order valence-electron chi connectivity index (χ3n) is 2.65. The van der Waals surface area contributed by atoms with Crippen molar-refractivity contribution in [1.82, 2.24) is 9.97 Å². The van der Waals surface area contributed by atoms with Gasteiger partial charge in [-0.2, -0.15) is 0 Å². The van der Waals surface area contributed by atoms with Crippen molar-refractivity contribution in [2.45, 2.75) is 32.7 Å². The van der Waals surface area contributed by atoms with Gasteiger partial charge in [0.25, 0.3) is 0 Å². The molecule has 0 unspecified atom stereocenters. The van der Waals surface area contributed by atoms with Crippen molar-refractivity contribution in [3.63, 3.8) is 0 Å². The second-order valence-corrected chi connectivity index (χ2v) is 4.87. The highest BCUT2D eigenvalue weighted by Crippen LogP contribution is 2.26. The zero-order chi connectivity index (χ0) is 11.1. The molecule has 2 aromatic heterocycles. The minimum absolute atomic E-state index is 0.118. The van der Waals surface area contributed by atoms with E-state index in [1.54, 1.807) is 6.20 Å². The van der Waals surface area contributed by atoms with Crippen molar-refractivity contribution in [2.24, 2.45) is 5.73 Å². The molecule has 0 aliphatic rings. The number of aromatic nitrogens is 2. The fourth-order valence-corrected chi connectivity index (χ4v) is 1.66. The van der Waals surface area contributed by atoms with E-state index in [9.17, 15) is 0 Å². The number of hydrogen-bond donors (Lipinski definition) is 2.